The van der Waals surface area contributed by atoms with Crippen molar-refractivity contribution >= 4 is 27.0 Å². The zero-order chi connectivity index (χ0) is 11.8. The summed E-state index contributed by atoms with van der Waals surface area (Å²) in [4.78, 5) is 6.52. The summed E-state index contributed by atoms with van der Waals surface area (Å²) in [7, 11) is 0. The second kappa shape index (κ2) is 3.97. The molecule has 0 saturated carbocycles. The number of alkyl halides is 4. The summed E-state index contributed by atoms with van der Waals surface area (Å²) in [6, 6.07) is 3.02. The fourth-order valence-electron chi connectivity index (χ4n) is 1.35. The van der Waals surface area contributed by atoms with Gasteiger partial charge in [0.05, 0.1) is 11.8 Å². The van der Waals surface area contributed by atoms with Gasteiger partial charge in [-0.15, -0.1) is 13.2 Å². The Morgan fingerprint density at radius 3 is 2.75 bits per heavy atom. The van der Waals surface area contributed by atoms with Crippen molar-refractivity contribution in [1.82, 2.24) is 9.97 Å². The number of ether oxygens (including phenoxy) is 1. The van der Waals surface area contributed by atoms with Gasteiger partial charge in [0, 0.05) is 5.33 Å². The highest BCUT2D eigenvalue weighted by Gasteiger charge is 2.32. The molecule has 1 N–H and O–H groups in total. The number of rotatable bonds is 2. The van der Waals surface area contributed by atoms with Gasteiger partial charge in [0.2, 0.25) is 0 Å². The maximum absolute atomic E-state index is 12.1. The van der Waals surface area contributed by atoms with Crippen LogP contribution in [0, 0.1) is 0 Å². The third-order valence-corrected chi connectivity index (χ3v) is 2.58. The minimum Gasteiger partial charge on any atom is -0.403 e. The quantitative estimate of drug-likeness (QED) is 0.863. The molecular formula is C9H6BrF3N2O. The van der Waals surface area contributed by atoms with E-state index in [1.807, 2.05) is 0 Å². The normalized spacial score (nSPS) is 12.0. The predicted octanol–water partition coefficient (Wildman–Crippen LogP) is 3.36. The summed E-state index contributed by atoms with van der Waals surface area (Å²) in [5, 5.41) is 0.441. The third kappa shape index (κ3) is 2.29. The van der Waals surface area contributed by atoms with Gasteiger partial charge < -0.3 is 9.72 Å². The first-order chi connectivity index (χ1) is 7.49. The molecule has 86 valence electrons. The fourth-order valence-corrected chi connectivity index (χ4v) is 1.68. The van der Waals surface area contributed by atoms with Gasteiger partial charge in [-0.1, -0.05) is 15.9 Å². The topological polar surface area (TPSA) is 37.9 Å². The molecule has 16 heavy (non-hydrogen) atoms. The Labute approximate surface area is 96.7 Å². The molecule has 0 aliphatic rings. The smallest absolute Gasteiger partial charge is 0.403 e. The fraction of sp³-hybridized carbons (Fsp3) is 0.222. The average molecular weight is 295 g/mol. The van der Waals surface area contributed by atoms with Gasteiger partial charge in [-0.2, -0.15) is 0 Å². The van der Waals surface area contributed by atoms with Crippen LogP contribution in [0.1, 0.15) is 5.56 Å². The highest BCUT2D eigenvalue weighted by molar-refractivity contribution is 9.08. The maximum Gasteiger partial charge on any atom is 0.573 e. The lowest BCUT2D eigenvalue weighted by Crippen LogP contribution is -2.17. The lowest BCUT2D eigenvalue weighted by atomic mass is 10.2. The van der Waals surface area contributed by atoms with Crippen LogP contribution in [0.5, 0.6) is 5.75 Å². The Kier molecular flexibility index (Phi) is 2.79. The van der Waals surface area contributed by atoms with Crippen molar-refractivity contribution < 1.29 is 17.9 Å². The third-order valence-electron chi connectivity index (χ3n) is 1.93. The molecule has 1 aromatic carbocycles. The van der Waals surface area contributed by atoms with Crippen LogP contribution in [0.2, 0.25) is 0 Å². The van der Waals surface area contributed by atoms with E-state index in [2.05, 4.69) is 30.6 Å². The molecule has 0 saturated heterocycles. The number of nitrogens with one attached hydrogen (secondary N) is 1. The van der Waals surface area contributed by atoms with E-state index in [0.29, 0.717) is 16.4 Å². The summed E-state index contributed by atoms with van der Waals surface area (Å²) in [5.41, 5.74) is 1.36. The lowest BCUT2D eigenvalue weighted by Gasteiger charge is -2.10. The zero-order valence-electron chi connectivity index (χ0n) is 7.81. The summed E-state index contributed by atoms with van der Waals surface area (Å²) >= 11 is 3.17. The summed E-state index contributed by atoms with van der Waals surface area (Å²) in [6.45, 7) is 0. The summed E-state index contributed by atoms with van der Waals surface area (Å²) in [5.74, 6) is -0.291. The van der Waals surface area contributed by atoms with Gasteiger partial charge >= 0.3 is 6.36 Å². The monoisotopic (exact) mass is 294 g/mol. The highest BCUT2D eigenvalue weighted by atomic mass is 79.9. The number of aromatic amines is 1. The van der Waals surface area contributed by atoms with Gasteiger partial charge in [0.1, 0.15) is 5.52 Å². The number of fused-ring (bicyclic) bond motifs is 1. The maximum atomic E-state index is 12.1. The number of aromatic nitrogens is 2. The van der Waals surface area contributed by atoms with Crippen LogP contribution in [-0.2, 0) is 5.33 Å². The molecule has 0 aliphatic carbocycles. The average Bonchev–Trinajstić information content (AvgIpc) is 2.63. The largest absolute Gasteiger partial charge is 0.573 e. The predicted molar refractivity (Wildman–Crippen MR) is 55.4 cm³/mol. The van der Waals surface area contributed by atoms with Gasteiger partial charge in [-0.3, -0.25) is 0 Å². The first-order valence-electron chi connectivity index (χ1n) is 4.27. The number of hydrogen-bond donors (Lipinski definition) is 1. The molecule has 0 spiro atoms. The number of H-pyrrole nitrogens is 1. The van der Waals surface area contributed by atoms with E-state index in [9.17, 15) is 13.2 Å². The van der Waals surface area contributed by atoms with Gasteiger partial charge in [0.15, 0.2) is 5.75 Å². The SMILES string of the molecule is FC(F)(F)Oc1cc(CBr)cc2[nH]cnc12. The molecule has 0 bridgehead atoms. The van der Waals surface area contributed by atoms with Crippen molar-refractivity contribution in [2.75, 3.05) is 0 Å². The number of hydrogen-bond acceptors (Lipinski definition) is 2. The highest BCUT2D eigenvalue weighted by Crippen LogP contribution is 2.30. The van der Waals surface area contributed by atoms with E-state index in [-0.39, 0.29) is 11.3 Å². The second-order valence-corrected chi connectivity index (χ2v) is 3.63. The standard InChI is InChI=1S/C9H6BrF3N2O/c10-3-5-1-6-8(15-4-14-6)7(2-5)16-9(11,12)13/h1-2,4H,3H2,(H,14,15). The first-order valence-corrected chi connectivity index (χ1v) is 5.39. The second-order valence-electron chi connectivity index (χ2n) is 3.07. The zero-order valence-corrected chi connectivity index (χ0v) is 9.39. The molecule has 0 fully saturated rings. The molecule has 0 aliphatic heterocycles. The Hall–Kier alpha value is -1.24. The van der Waals surface area contributed by atoms with E-state index in [0.717, 1.165) is 0 Å². The van der Waals surface area contributed by atoms with Crippen LogP contribution in [0.25, 0.3) is 11.0 Å². The molecule has 0 atom stereocenters. The van der Waals surface area contributed by atoms with Crippen molar-refractivity contribution in [3.63, 3.8) is 0 Å². The first kappa shape index (κ1) is 11.3. The van der Waals surface area contributed by atoms with E-state index >= 15 is 0 Å². The van der Waals surface area contributed by atoms with Crippen molar-refractivity contribution in [3.8, 4) is 5.75 Å². The Morgan fingerprint density at radius 1 is 1.38 bits per heavy atom. The van der Waals surface area contributed by atoms with Crippen LogP contribution < -0.4 is 4.74 Å². The molecule has 1 heterocycles. The number of nitrogens with zero attached hydrogens (tertiary/aromatic N) is 1. The minimum absolute atomic E-state index is 0.169. The Balaban J connectivity index is 2.52. The van der Waals surface area contributed by atoms with Crippen molar-refractivity contribution in [1.29, 1.82) is 0 Å². The van der Waals surface area contributed by atoms with E-state index in [1.165, 1.54) is 12.4 Å². The van der Waals surface area contributed by atoms with Crippen molar-refractivity contribution in [2.24, 2.45) is 0 Å². The molecule has 0 amide bonds. The van der Waals surface area contributed by atoms with Crippen LogP contribution in [0.15, 0.2) is 18.5 Å². The summed E-state index contributed by atoms with van der Waals surface area (Å²) < 4.78 is 40.3. The molecule has 0 radical (unpaired) electrons. The van der Waals surface area contributed by atoms with Crippen LogP contribution in [0.3, 0.4) is 0 Å². The van der Waals surface area contributed by atoms with Crippen LogP contribution in [0.4, 0.5) is 13.2 Å². The van der Waals surface area contributed by atoms with Gasteiger partial charge in [-0.25, -0.2) is 4.98 Å². The Morgan fingerprint density at radius 2 is 2.12 bits per heavy atom. The molecule has 2 aromatic rings. The molecular weight excluding hydrogens is 289 g/mol. The van der Waals surface area contributed by atoms with Crippen molar-refractivity contribution in [2.45, 2.75) is 11.7 Å². The van der Waals surface area contributed by atoms with Crippen LogP contribution >= 0.6 is 15.9 Å². The minimum atomic E-state index is -4.71. The molecule has 7 heteroatoms. The van der Waals surface area contributed by atoms with Gasteiger partial charge in [0.25, 0.3) is 0 Å². The molecule has 1 aromatic heterocycles. The molecule has 2 rings (SSSR count). The van der Waals surface area contributed by atoms with Crippen LogP contribution in [-0.4, -0.2) is 16.3 Å². The number of halogens is 4. The lowest BCUT2D eigenvalue weighted by molar-refractivity contribution is -0.274. The van der Waals surface area contributed by atoms with E-state index in [1.54, 1.807) is 6.07 Å². The number of benzene rings is 1. The molecule has 3 nitrogen and oxygen atoms in total. The van der Waals surface area contributed by atoms with Crippen molar-refractivity contribution in [3.05, 3.63) is 24.0 Å². The number of imidazole rings is 1. The summed E-state index contributed by atoms with van der Waals surface area (Å²) in [6.07, 6.45) is -3.39. The van der Waals surface area contributed by atoms with Gasteiger partial charge in [-0.05, 0) is 17.7 Å². The Bertz CT molecular complexity index is 509. The van der Waals surface area contributed by atoms with E-state index in [4.69, 9.17) is 0 Å². The van der Waals surface area contributed by atoms with E-state index < -0.39 is 6.36 Å². The molecule has 0 unspecified atom stereocenters.